The summed E-state index contributed by atoms with van der Waals surface area (Å²) in [5, 5.41) is 0. The zero-order valence-corrected chi connectivity index (χ0v) is 13.6. The Morgan fingerprint density at radius 2 is 1.71 bits per heavy atom. The first kappa shape index (κ1) is 16.4. The number of benzene rings is 1. The molecule has 0 aliphatic carbocycles. The number of piperazine rings is 1. The van der Waals surface area contributed by atoms with Crippen LogP contribution in [-0.4, -0.2) is 59.7 Å². The first-order valence-corrected chi connectivity index (χ1v) is 8.11. The van der Waals surface area contributed by atoms with E-state index in [2.05, 4.69) is 0 Å². The standard InChI is InChI=1S/C17H20FN3O3/c1-12(21-15(22)5-6-16(21)23)17(24)20-9-7-19(8-10-20)14-4-2-3-13(18)11-14/h2-4,11-12H,5-10H2,1H3. The van der Waals surface area contributed by atoms with Crippen molar-refractivity contribution < 1.29 is 18.8 Å². The Balaban J connectivity index is 1.61. The average Bonchev–Trinajstić information content (AvgIpc) is 2.92. The van der Waals surface area contributed by atoms with Crippen LogP contribution in [-0.2, 0) is 14.4 Å². The summed E-state index contributed by atoms with van der Waals surface area (Å²) < 4.78 is 13.3. The number of likely N-dealkylation sites (tertiary alicyclic amines) is 1. The molecule has 3 rings (SSSR count). The van der Waals surface area contributed by atoms with Crippen LogP contribution in [0.1, 0.15) is 19.8 Å². The summed E-state index contributed by atoms with van der Waals surface area (Å²) in [7, 11) is 0. The van der Waals surface area contributed by atoms with Gasteiger partial charge in [0.2, 0.25) is 17.7 Å². The molecule has 128 valence electrons. The van der Waals surface area contributed by atoms with Gasteiger partial charge in [-0.25, -0.2) is 4.39 Å². The number of rotatable bonds is 3. The molecule has 0 radical (unpaired) electrons. The number of imide groups is 1. The molecule has 1 aromatic carbocycles. The summed E-state index contributed by atoms with van der Waals surface area (Å²) in [5.41, 5.74) is 0.792. The van der Waals surface area contributed by atoms with Crippen LogP contribution in [0.5, 0.6) is 0 Å². The molecule has 6 nitrogen and oxygen atoms in total. The molecule has 0 N–H and O–H groups in total. The van der Waals surface area contributed by atoms with Crippen molar-refractivity contribution in [3.8, 4) is 0 Å². The fourth-order valence-electron chi connectivity index (χ4n) is 3.26. The first-order chi connectivity index (χ1) is 11.5. The largest absolute Gasteiger partial charge is 0.368 e. The fraction of sp³-hybridized carbons (Fsp3) is 0.471. The topological polar surface area (TPSA) is 60.9 Å². The molecule has 0 aromatic heterocycles. The lowest BCUT2D eigenvalue weighted by atomic mass is 10.2. The molecule has 2 aliphatic rings. The molecule has 3 amide bonds. The van der Waals surface area contributed by atoms with E-state index in [0.717, 1.165) is 10.6 Å². The normalized spacial score (nSPS) is 19.8. The van der Waals surface area contributed by atoms with Gasteiger partial charge in [0.1, 0.15) is 11.9 Å². The minimum Gasteiger partial charge on any atom is -0.368 e. The molecular weight excluding hydrogens is 313 g/mol. The van der Waals surface area contributed by atoms with E-state index < -0.39 is 6.04 Å². The van der Waals surface area contributed by atoms with Gasteiger partial charge in [0.05, 0.1) is 0 Å². The molecule has 1 atom stereocenters. The fourth-order valence-corrected chi connectivity index (χ4v) is 3.26. The van der Waals surface area contributed by atoms with Gasteiger partial charge in [-0.3, -0.25) is 19.3 Å². The molecule has 0 saturated carbocycles. The molecular formula is C17H20FN3O3. The van der Waals surface area contributed by atoms with Gasteiger partial charge in [0.15, 0.2) is 0 Å². The van der Waals surface area contributed by atoms with Gasteiger partial charge in [0.25, 0.3) is 0 Å². The Morgan fingerprint density at radius 3 is 2.29 bits per heavy atom. The molecule has 1 unspecified atom stereocenters. The third-order valence-electron chi connectivity index (χ3n) is 4.60. The maximum Gasteiger partial charge on any atom is 0.245 e. The second-order valence-corrected chi connectivity index (χ2v) is 6.13. The SMILES string of the molecule is CC(C(=O)N1CCN(c2cccc(F)c2)CC1)N1C(=O)CCC1=O. The molecule has 24 heavy (non-hydrogen) atoms. The van der Waals surface area contributed by atoms with Crippen LogP contribution >= 0.6 is 0 Å². The van der Waals surface area contributed by atoms with Crippen molar-refractivity contribution in [2.45, 2.75) is 25.8 Å². The molecule has 1 aromatic rings. The molecule has 0 bridgehead atoms. The lowest BCUT2D eigenvalue weighted by Crippen LogP contribution is -2.55. The predicted molar refractivity (Wildman–Crippen MR) is 85.7 cm³/mol. The number of amides is 3. The van der Waals surface area contributed by atoms with E-state index in [0.29, 0.717) is 26.2 Å². The summed E-state index contributed by atoms with van der Waals surface area (Å²) in [6, 6.07) is 5.62. The summed E-state index contributed by atoms with van der Waals surface area (Å²) in [6.45, 7) is 3.74. The van der Waals surface area contributed by atoms with Crippen molar-refractivity contribution in [3.05, 3.63) is 30.1 Å². The zero-order chi connectivity index (χ0) is 17.3. The van der Waals surface area contributed by atoms with Gasteiger partial charge >= 0.3 is 0 Å². The van der Waals surface area contributed by atoms with Crippen LogP contribution in [0.3, 0.4) is 0 Å². The molecule has 2 heterocycles. The van der Waals surface area contributed by atoms with Crippen molar-refractivity contribution >= 4 is 23.4 Å². The van der Waals surface area contributed by atoms with Crippen molar-refractivity contribution in [1.29, 1.82) is 0 Å². The summed E-state index contributed by atoms with van der Waals surface area (Å²) in [4.78, 5) is 40.9. The van der Waals surface area contributed by atoms with Crippen LogP contribution in [0, 0.1) is 5.82 Å². The van der Waals surface area contributed by atoms with Crippen molar-refractivity contribution in [2.24, 2.45) is 0 Å². The van der Waals surface area contributed by atoms with E-state index >= 15 is 0 Å². The number of halogens is 1. The van der Waals surface area contributed by atoms with Crippen LogP contribution in [0.2, 0.25) is 0 Å². The number of hydrogen-bond donors (Lipinski definition) is 0. The van der Waals surface area contributed by atoms with E-state index in [1.54, 1.807) is 17.9 Å². The molecule has 2 aliphatic heterocycles. The van der Waals surface area contributed by atoms with E-state index in [-0.39, 0.29) is 36.4 Å². The second-order valence-electron chi connectivity index (χ2n) is 6.13. The summed E-state index contributed by atoms with van der Waals surface area (Å²) in [6.07, 6.45) is 0.369. The first-order valence-electron chi connectivity index (χ1n) is 8.11. The highest BCUT2D eigenvalue weighted by Gasteiger charge is 2.38. The Bertz CT molecular complexity index is 655. The second kappa shape index (κ2) is 6.59. The third-order valence-corrected chi connectivity index (χ3v) is 4.60. The highest BCUT2D eigenvalue weighted by Crippen LogP contribution is 2.20. The van der Waals surface area contributed by atoms with Gasteiger partial charge in [-0.05, 0) is 25.1 Å². The maximum atomic E-state index is 13.3. The number of anilines is 1. The lowest BCUT2D eigenvalue weighted by molar-refractivity contribution is -0.150. The van der Waals surface area contributed by atoms with Crippen molar-refractivity contribution in [1.82, 2.24) is 9.80 Å². The van der Waals surface area contributed by atoms with Crippen LogP contribution in [0.15, 0.2) is 24.3 Å². The highest BCUT2D eigenvalue weighted by molar-refractivity contribution is 6.05. The van der Waals surface area contributed by atoms with E-state index in [9.17, 15) is 18.8 Å². The van der Waals surface area contributed by atoms with Gasteiger partial charge in [-0.15, -0.1) is 0 Å². The van der Waals surface area contributed by atoms with Crippen LogP contribution in [0.4, 0.5) is 10.1 Å². The Labute approximate surface area is 139 Å². The van der Waals surface area contributed by atoms with Gasteiger partial charge < -0.3 is 9.80 Å². The van der Waals surface area contributed by atoms with Gasteiger partial charge in [0, 0.05) is 44.7 Å². The molecule has 0 spiro atoms. The summed E-state index contributed by atoms with van der Waals surface area (Å²) in [5.74, 6) is -1.05. The number of hydrogen-bond acceptors (Lipinski definition) is 4. The van der Waals surface area contributed by atoms with Crippen molar-refractivity contribution in [2.75, 3.05) is 31.1 Å². The maximum absolute atomic E-state index is 13.3. The van der Waals surface area contributed by atoms with E-state index in [4.69, 9.17) is 0 Å². The van der Waals surface area contributed by atoms with Crippen molar-refractivity contribution in [3.63, 3.8) is 0 Å². The van der Waals surface area contributed by atoms with E-state index in [1.165, 1.54) is 12.1 Å². The monoisotopic (exact) mass is 333 g/mol. The Morgan fingerprint density at radius 1 is 1.08 bits per heavy atom. The quantitative estimate of drug-likeness (QED) is 0.775. The van der Waals surface area contributed by atoms with Gasteiger partial charge in [-0.2, -0.15) is 0 Å². The van der Waals surface area contributed by atoms with E-state index in [1.807, 2.05) is 11.0 Å². The number of carbonyl (C=O) groups excluding carboxylic acids is 3. The van der Waals surface area contributed by atoms with Crippen LogP contribution < -0.4 is 4.90 Å². The predicted octanol–water partition coefficient (Wildman–Crippen LogP) is 1.01. The molecule has 2 fully saturated rings. The summed E-state index contributed by atoms with van der Waals surface area (Å²) >= 11 is 0. The number of nitrogens with zero attached hydrogens (tertiary/aromatic N) is 3. The van der Waals surface area contributed by atoms with Crippen LogP contribution in [0.25, 0.3) is 0 Å². The zero-order valence-electron chi connectivity index (χ0n) is 13.6. The van der Waals surface area contributed by atoms with Gasteiger partial charge in [-0.1, -0.05) is 6.07 Å². The Kier molecular flexibility index (Phi) is 4.51. The lowest BCUT2D eigenvalue weighted by Gasteiger charge is -2.38. The molecule has 2 saturated heterocycles. The highest BCUT2D eigenvalue weighted by atomic mass is 19.1. The average molecular weight is 333 g/mol. The molecule has 7 heteroatoms. The number of carbonyl (C=O) groups is 3. The minimum absolute atomic E-state index is 0.184. The third kappa shape index (κ3) is 3.11. The Hall–Kier alpha value is -2.44. The smallest absolute Gasteiger partial charge is 0.245 e. The minimum atomic E-state index is -0.756.